The zero-order valence-corrected chi connectivity index (χ0v) is 13.7. The third-order valence-electron chi connectivity index (χ3n) is 4.83. The SMILES string of the molecule is ClC1=CC=C(C2(COCc3ccccc3)CCNCC2)CC1. The molecule has 1 N–H and O–H groups in total. The Labute approximate surface area is 138 Å². The maximum atomic E-state index is 6.12. The van der Waals surface area contributed by atoms with Gasteiger partial charge in [0.05, 0.1) is 13.2 Å². The van der Waals surface area contributed by atoms with Gasteiger partial charge in [0.25, 0.3) is 0 Å². The van der Waals surface area contributed by atoms with Gasteiger partial charge in [0.1, 0.15) is 0 Å². The highest BCUT2D eigenvalue weighted by Crippen LogP contribution is 2.42. The number of hydrogen-bond donors (Lipinski definition) is 1. The Kier molecular flexibility index (Phi) is 5.35. The average Bonchev–Trinajstić information content (AvgIpc) is 2.57. The van der Waals surface area contributed by atoms with E-state index in [1.165, 1.54) is 11.1 Å². The number of halogens is 1. The minimum absolute atomic E-state index is 0.189. The second-order valence-electron chi connectivity index (χ2n) is 6.31. The third kappa shape index (κ3) is 3.81. The largest absolute Gasteiger partial charge is 0.376 e. The quantitative estimate of drug-likeness (QED) is 0.868. The molecule has 0 spiro atoms. The van der Waals surface area contributed by atoms with Gasteiger partial charge in [-0.2, -0.15) is 0 Å². The zero-order valence-electron chi connectivity index (χ0n) is 13.0. The van der Waals surface area contributed by atoms with Gasteiger partial charge in [-0.15, -0.1) is 0 Å². The van der Waals surface area contributed by atoms with E-state index in [1.54, 1.807) is 0 Å². The molecule has 0 unspecified atom stereocenters. The molecule has 3 heteroatoms. The van der Waals surface area contributed by atoms with Gasteiger partial charge in [0, 0.05) is 10.4 Å². The number of nitrogens with one attached hydrogen (secondary N) is 1. The highest BCUT2D eigenvalue weighted by atomic mass is 35.5. The topological polar surface area (TPSA) is 21.3 Å². The Morgan fingerprint density at radius 3 is 2.50 bits per heavy atom. The van der Waals surface area contributed by atoms with E-state index < -0.39 is 0 Å². The fourth-order valence-electron chi connectivity index (χ4n) is 3.46. The maximum Gasteiger partial charge on any atom is 0.0717 e. The molecule has 0 bridgehead atoms. The lowest BCUT2D eigenvalue weighted by molar-refractivity contribution is 0.0337. The van der Waals surface area contributed by atoms with Gasteiger partial charge in [-0.3, -0.25) is 0 Å². The molecule has 0 amide bonds. The second kappa shape index (κ2) is 7.45. The normalized spacial score (nSPS) is 21.1. The van der Waals surface area contributed by atoms with Gasteiger partial charge in [-0.05, 0) is 50.4 Å². The Morgan fingerprint density at radius 1 is 1.05 bits per heavy atom. The Hall–Kier alpha value is -1.09. The number of rotatable bonds is 5. The molecule has 3 rings (SSSR count). The first kappa shape index (κ1) is 15.8. The smallest absolute Gasteiger partial charge is 0.0717 e. The molecule has 1 aliphatic heterocycles. The van der Waals surface area contributed by atoms with Crippen LogP contribution in [-0.2, 0) is 11.3 Å². The minimum atomic E-state index is 0.189. The number of allylic oxidation sites excluding steroid dienone is 3. The second-order valence-corrected chi connectivity index (χ2v) is 6.80. The lowest BCUT2D eigenvalue weighted by atomic mass is 9.71. The predicted molar refractivity (Wildman–Crippen MR) is 91.9 cm³/mol. The molecule has 0 aromatic heterocycles. The first-order valence-corrected chi connectivity index (χ1v) is 8.54. The van der Waals surface area contributed by atoms with Crippen LogP contribution in [0, 0.1) is 5.41 Å². The molecule has 0 radical (unpaired) electrons. The molecular formula is C19H24ClNO. The summed E-state index contributed by atoms with van der Waals surface area (Å²) in [6, 6.07) is 10.4. The van der Waals surface area contributed by atoms with Crippen LogP contribution < -0.4 is 5.32 Å². The van der Waals surface area contributed by atoms with E-state index >= 15 is 0 Å². The van der Waals surface area contributed by atoms with Crippen molar-refractivity contribution in [3.8, 4) is 0 Å². The molecule has 1 fully saturated rings. The summed E-state index contributed by atoms with van der Waals surface area (Å²) in [5.74, 6) is 0. The van der Waals surface area contributed by atoms with Crippen LogP contribution in [0.3, 0.4) is 0 Å². The van der Waals surface area contributed by atoms with Gasteiger partial charge >= 0.3 is 0 Å². The van der Waals surface area contributed by atoms with Gasteiger partial charge in [0.2, 0.25) is 0 Å². The van der Waals surface area contributed by atoms with Crippen LogP contribution in [0.1, 0.15) is 31.2 Å². The van der Waals surface area contributed by atoms with Crippen molar-refractivity contribution in [3.05, 3.63) is 58.7 Å². The van der Waals surface area contributed by atoms with Crippen LogP contribution in [0.5, 0.6) is 0 Å². The van der Waals surface area contributed by atoms with E-state index in [1.807, 2.05) is 6.07 Å². The van der Waals surface area contributed by atoms with E-state index in [-0.39, 0.29) is 5.41 Å². The minimum Gasteiger partial charge on any atom is -0.376 e. The van der Waals surface area contributed by atoms with Crippen molar-refractivity contribution in [2.75, 3.05) is 19.7 Å². The summed E-state index contributed by atoms with van der Waals surface area (Å²) < 4.78 is 6.12. The molecule has 0 atom stereocenters. The molecule has 2 nitrogen and oxygen atoms in total. The molecule has 1 aromatic rings. The van der Waals surface area contributed by atoms with Gasteiger partial charge < -0.3 is 10.1 Å². The van der Waals surface area contributed by atoms with Crippen molar-refractivity contribution < 1.29 is 4.74 Å². The van der Waals surface area contributed by atoms with Crippen molar-refractivity contribution in [2.45, 2.75) is 32.3 Å². The van der Waals surface area contributed by atoms with Crippen molar-refractivity contribution in [1.82, 2.24) is 5.32 Å². The number of ether oxygens (including phenoxy) is 1. The molecule has 1 saturated heterocycles. The highest BCUT2D eigenvalue weighted by Gasteiger charge is 2.36. The lowest BCUT2D eigenvalue weighted by Gasteiger charge is -2.40. The Morgan fingerprint density at radius 2 is 1.82 bits per heavy atom. The molecule has 1 aromatic carbocycles. The van der Waals surface area contributed by atoms with Gasteiger partial charge in [-0.1, -0.05) is 53.6 Å². The molecule has 0 saturated carbocycles. The summed E-state index contributed by atoms with van der Waals surface area (Å²) in [6.07, 6.45) is 8.66. The highest BCUT2D eigenvalue weighted by molar-refractivity contribution is 6.29. The van der Waals surface area contributed by atoms with E-state index in [4.69, 9.17) is 16.3 Å². The van der Waals surface area contributed by atoms with E-state index in [0.29, 0.717) is 6.61 Å². The Bertz CT molecular complexity index is 544. The standard InChI is InChI=1S/C19H24ClNO/c20-18-8-6-17(7-9-18)19(10-12-21-13-11-19)15-22-14-16-4-2-1-3-5-16/h1-6,8,21H,7,9-15H2. The predicted octanol–water partition coefficient (Wildman–Crippen LogP) is 4.42. The van der Waals surface area contributed by atoms with E-state index in [2.05, 4.69) is 41.7 Å². The van der Waals surface area contributed by atoms with Crippen LogP contribution in [0.15, 0.2) is 53.1 Å². The molecule has 2 aliphatic rings. The van der Waals surface area contributed by atoms with Crippen molar-refractivity contribution >= 4 is 11.6 Å². The van der Waals surface area contributed by atoms with Crippen LogP contribution in [0.25, 0.3) is 0 Å². The van der Waals surface area contributed by atoms with Crippen molar-refractivity contribution in [3.63, 3.8) is 0 Å². The average molecular weight is 318 g/mol. The first-order chi connectivity index (χ1) is 10.8. The van der Waals surface area contributed by atoms with Crippen LogP contribution in [0.4, 0.5) is 0 Å². The fraction of sp³-hybridized carbons (Fsp3) is 0.474. The summed E-state index contributed by atoms with van der Waals surface area (Å²) in [6.45, 7) is 3.65. The summed E-state index contributed by atoms with van der Waals surface area (Å²) in [5.41, 5.74) is 2.95. The first-order valence-electron chi connectivity index (χ1n) is 8.17. The van der Waals surface area contributed by atoms with Crippen LogP contribution >= 0.6 is 11.6 Å². The summed E-state index contributed by atoms with van der Waals surface area (Å²) >= 11 is 6.12. The maximum absolute atomic E-state index is 6.12. The third-order valence-corrected chi connectivity index (χ3v) is 5.15. The van der Waals surface area contributed by atoms with Gasteiger partial charge in [-0.25, -0.2) is 0 Å². The Balaban J connectivity index is 1.67. The van der Waals surface area contributed by atoms with Gasteiger partial charge in [0.15, 0.2) is 0 Å². The van der Waals surface area contributed by atoms with Crippen molar-refractivity contribution in [1.29, 1.82) is 0 Å². The van der Waals surface area contributed by atoms with E-state index in [9.17, 15) is 0 Å². The zero-order chi connectivity index (χ0) is 15.3. The number of piperidine rings is 1. The summed E-state index contributed by atoms with van der Waals surface area (Å²) in [5, 5.41) is 4.44. The molecule has 22 heavy (non-hydrogen) atoms. The van der Waals surface area contributed by atoms with E-state index in [0.717, 1.165) is 50.4 Å². The molecule has 1 heterocycles. The van der Waals surface area contributed by atoms with Crippen LogP contribution in [-0.4, -0.2) is 19.7 Å². The molecular weight excluding hydrogens is 294 g/mol. The van der Waals surface area contributed by atoms with Crippen molar-refractivity contribution in [2.24, 2.45) is 5.41 Å². The van der Waals surface area contributed by atoms with Crippen LogP contribution in [0.2, 0.25) is 0 Å². The number of hydrogen-bond acceptors (Lipinski definition) is 2. The molecule has 1 aliphatic carbocycles. The lowest BCUT2D eigenvalue weighted by Crippen LogP contribution is -2.41. The monoisotopic (exact) mass is 317 g/mol. The summed E-state index contributed by atoms with van der Waals surface area (Å²) in [7, 11) is 0. The fourth-order valence-corrected chi connectivity index (χ4v) is 3.61. The summed E-state index contributed by atoms with van der Waals surface area (Å²) in [4.78, 5) is 0. The number of benzene rings is 1. The molecule has 118 valence electrons.